The second-order valence-electron chi connectivity index (χ2n) is 6.42. The minimum atomic E-state index is 0.0591. The third kappa shape index (κ3) is 5.03. The number of ether oxygens (including phenoxy) is 2. The van der Waals surface area contributed by atoms with Crippen LogP contribution in [0, 0.1) is 0 Å². The van der Waals surface area contributed by atoms with Gasteiger partial charge in [0.25, 0.3) is 0 Å². The molecule has 0 atom stereocenters. The number of H-pyrrole nitrogens is 1. The summed E-state index contributed by atoms with van der Waals surface area (Å²) >= 11 is 0. The van der Waals surface area contributed by atoms with Crippen molar-refractivity contribution in [3.05, 3.63) is 59.8 Å². The van der Waals surface area contributed by atoms with Gasteiger partial charge in [0, 0.05) is 24.7 Å². The molecule has 0 saturated carbocycles. The number of carbonyl (C=O) groups is 1. The van der Waals surface area contributed by atoms with E-state index in [0.29, 0.717) is 31.7 Å². The van der Waals surface area contributed by atoms with Crippen molar-refractivity contribution in [2.75, 3.05) is 20.3 Å². The maximum Gasteiger partial charge on any atom is 0.220 e. The van der Waals surface area contributed by atoms with Gasteiger partial charge in [0.1, 0.15) is 0 Å². The zero-order chi connectivity index (χ0) is 19.1. The molecule has 5 nitrogen and oxygen atoms in total. The minimum absolute atomic E-state index is 0.0591. The summed E-state index contributed by atoms with van der Waals surface area (Å²) < 4.78 is 10.9. The van der Waals surface area contributed by atoms with E-state index in [4.69, 9.17) is 9.47 Å². The zero-order valence-electron chi connectivity index (χ0n) is 15.9. The molecule has 0 fully saturated rings. The van der Waals surface area contributed by atoms with Gasteiger partial charge in [-0.25, -0.2) is 0 Å². The number of carbonyl (C=O) groups excluding carboxylic acids is 1. The Morgan fingerprint density at radius 2 is 1.85 bits per heavy atom. The highest BCUT2D eigenvalue weighted by atomic mass is 16.5. The third-order valence-corrected chi connectivity index (χ3v) is 4.52. The van der Waals surface area contributed by atoms with Gasteiger partial charge >= 0.3 is 0 Å². The van der Waals surface area contributed by atoms with Gasteiger partial charge in [0.15, 0.2) is 11.5 Å². The minimum Gasteiger partial charge on any atom is -0.493 e. The summed E-state index contributed by atoms with van der Waals surface area (Å²) in [6.07, 6.45) is 3.87. The summed E-state index contributed by atoms with van der Waals surface area (Å²) in [4.78, 5) is 15.3. The Hall–Kier alpha value is -2.95. The smallest absolute Gasteiger partial charge is 0.220 e. The van der Waals surface area contributed by atoms with Crippen LogP contribution in [0.15, 0.2) is 48.7 Å². The van der Waals surface area contributed by atoms with E-state index in [0.717, 1.165) is 23.3 Å². The zero-order valence-corrected chi connectivity index (χ0v) is 15.9. The van der Waals surface area contributed by atoms with Crippen molar-refractivity contribution in [1.82, 2.24) is 10.3 Å². The molecule has 142 valence electrons. The van der Waals surface area contributed by atoms with Gasteiger partial charge in [0.2, 0.25) is 5.91 Å². The molecular weight excluding hydrogens is 340 g/mol. The van der Waals surface area contributed by atoms with Gasteiger partial charge < -0.3 is 19.8 Å². The van der Waals surface area contributed by atoms with Crippen LogP contribution in [-0.4, -0.2) is 31.2 Å². The second kappa shape index (κ2) is 9.12. The van der Waals surface area contributed by atoms with Gasteiger partial charge in [-0.2, -0.15) is 0 Å². The number of hydrogen-bond donors (Lipinski definition) is 2. The highest BCUT2D eigenvalue weighted by Crippen LogP contribution is 2.28. The fourth-order valence-corrected chi connectivity index (χ4v) is 3.09. The van der Waals surface area contributed by atoms with Crippen LogP contribution >= 0.6 is 0 Å². The van der Waals surface area contributed by atoms with Crippen molar-refractivity contribution in [3.63, 3.8) is 0 Å². The quantitative estimate of drug-likeness (QED) is 0.604. The van der Waals surface area contributed by atoms with E-state index < -0.39 is 0 Å². The average molecular weight is 366 g/mol. The molecule has 2 aromatic carbocycles. The summed E-state index contributed by atoms with van der Waals surface area (Å²) in [7, 11) is 1.62. The Labute approximate surface area is 159 Å². The lowest BCUT2D eigenvalue weighted by molar-refractivity contribution is -0.121. The highest BCUT2D eigenvalue weighted by molar-refractivity contribution is 5.80. The van der Waals surface area contributed by atoms with E-state index in [1.807, 2.05) is 31.3 Å². The first kappa shape index (κ1) is 18.8. The highest BCUT2D eigenvalue weighted by Gasteiger charge is 2.07. The summed E-state index contributed by atoms with van der Waals surface area (Å²) in [5.74, 6) is 1.49. The van der Waals surface area contributed by atoms with Crippen LogP contribution in [0.4, 0.5) is 0 Å². The number of benzene rings is 2. The van der Waals surface area contributed by atoms with E-state index in [1.165, 1.54) is 10.9 Å². The lowest BCUT2D eigenvalue weighted by Gasteiger charge is -2.11. The molecule has 1 aromatic heterocycles. The van der Waals surface area contributed by atoms with Crippen molar-refractivity contribution >= 4 is 16.8 Å². The summed E-state index contributed by atoms with van der Waals surface area (Å²) in [6, 6.07) is 14.2. The van der Waals surface area contributed by atoms with Crippen LogP contribution in [0.1, 0.15) is 24.5 Å². The summed E-state index contributed by atoms with van der Waals surface area (Å²) in [5, 5.41) is 4.20. The Morgan fingerprint density at radius 3 is 2.67 bits per heavy atom. The van der Waals surface area contributed by atoms with Crippen molar-refractivity contribution < 1.29 is 14.3 Å². The SMILES string of the molecule is CCOc1ccc(CCC(=O)NCCc2ccc3cc[nH]c3c2)cc1OC. The number of amides is 1. The van der Waals surface area contributed by atoms with Crippen molar-refractivity contribution in [1.29, 1.82) is 0 Å². The lowest BCUT2D eigenvalue weighted by Crippen LogP contribution is -2.25. The van der Waals surface area contributed by atoms with Gasteiger partial charge in [-0.15, -0.1) is 0 Å². The maximum atomic E-state index is 12.1. The van der Waals surface area contributed by atoms with E-state index in [2.05, 4.69) is 34.6 Å². The normalized spacial score (nSPS) is 10.7. The molecule has 27 heavy (non-hydrogen) atoms. The fourth-order valence-electron chi connectivity index (χ4n) is 3.09. The van der Waals surface area contributed by atoms with Crippen molar-refractivity contribution in [2.24, 2.45) is 0 Å². The number of aryl methyl sites for hydroxylation is 1. The Kier molecular flexibility index (Phi) is 6.36. The first-order chi connectivity index (χ1) is 13.2. The second-order valence-corrected chi connectivity index (χ2v) is 6.42. The molecule has 0 aliphatic rings. The Morgan fingerprint density at radius 1 is 1.04 bits per heavy atom. The number of fused-ring (bicyclic) bond motifs is 1. The van der Waals surface area contributed by atoms with Gasteiger partial charge in [-0.05, 0) is 60.5 Å². The number of methoxy groups -OCH3 is 1. The molecule has 5 heteroatoms. The van der Waals surface area contributed by atoms with E-state index in [-0.39, 0.29) is 5.91 Å². The van der Waals surface area contributed by atoms with Crippen molar-refractivity contribution in [2.45, 2.75) is 26.2 Å². The molecule has 0 aliphatic carbocycles. The van der Waals surface area contributed by atoms with E-state index in [1.54, 1.807) is 7.11 Å². The monoisotopic (exact) mass is 366 g/mol. The molecule has 3 aromatic rings. The fraction of sp³-hybridized carbons (Fsp3) is 0.318. The van der Waals surface area contributed by atoms with E-state index in [9.17, 15) is 4.79 Å². The maximum absolute atomic E-state index is 12.1. The number of aromatic amines is 1. The molecular formula is C22H26N2O3. The number of nitrogens with one attached hydrogen (secondary N) is 2. The topological polar surface area (TPSA) is 63.3 Å². The lowest BCUT2D eigenvalue weighted by atomic mass is 10.1. The summed E-state index contributed by atoms with van der Waals surface area (Å²) in [5.41, 5.74) is 3.40. The van der Waals surface area contributed by atoms with Crippen LogP contribution < -0.4 is 14.8 Å². The molecule has 1 heterocycles. The molecule has 0 aliphatic heterocycles. The molecule has 2 N–H and O–H groups in total. The number of rotatable bonds is 9. The molecule has 0 unspecified atom stereocenters. The predicted molar refractivity (Wildman–Crippen MR) is 107 cm³/mol. The molecule has 3 rings (SSSR count). The Balaban J connectivity index is 1.45. The third-order valence-electron chi connectivity index (χ3n) is 4.52. The largest absolute Gasteiger partial charge is 0.493 e. The number of hydrogen-bond acceptors (Lipinski definition) is 3. The van der Waals surface area contributed by atoms with Crippen LogP contribution in [-0.2, 0) is 17.6 Å². The molecule has 1 amide bonds. The summed E-state index contributed by atoms with van der Waals surface area (Å²) in [6.45, 7) is 3.17. The van der Waals surface area contributed by atoms with Crippen LogP contribution in [0.25, 0.3) is 10.9 Å². The number of aromatic nitrogens is 1. The van der Waals surface area contributed by atoms with Gasteiger partial charge in [0.05, 0.1) is 13.7 Å². The molecule has 0 radical (unpaired) electrons. The molecule has 0 saturated heterocycles. The molecule has 0 bridgehead atoms. The van der Waals surface area contributed by atoms with Gasteiger partial charge in [-0.3, -0.25) is 4.79 Å². The standard InChI is InChI=1S/C22H26N2O3/c1-3-27-20-8-5-16(15-21(20)26-2)6-9-22(25)24-12-10-17-4-7-18-11-13-23-19(18)14-17/h4-5,7-8,11,13-15,23H,3,6,9-10,12H2,1-2H3,(H,24,25). The average Bonchev–Trinajstić information content (AvgIpc) is 3.15. The van der Waals surface area contributed by atoms with Crippen molar-refractivity contribution in [3.8, 4) is 11.5 Å². The van der Waals surface area contributed by atoms with Crippen LogP contribution in [0.2, 0.25) is 0 Å². The Bertz CT molecular complexity index is 901. The van der Waals surface area contributed by atoms with E-state index >= 15 is 0 Å². The van der Waals surface area contributed by atoms with Crippen LogP contribution in [0.5, 0.6) is 11.5 Å². The predicted octanol–water partition coefficient (Wildman–Crippen LogP) is 3.87. The van der Waals surface area contributed by atoms with Gasteiger partial charge in [-0.1, -0.05) is 18.2 Å². The van der Waals surface area contributed by atoms with Crippen LogP contribution in [0.3, 0.4) is 0 Å². The molecule has 0 spiro atoms. The first-order valence-electron chi connectivity index (χ1n) is 9.32. The first-order valence-corrected chi connectivity index (χ1v) is 9.32.